The summed E-state index contributed by atoms with van der Waals surface area (Å²) in [6.07, 6.45) is 1.78. The molecule has 21 heavy (non-hydrogen) atoms. The zero-order valence-corrected chi connectivity index (χ0v) is 12.5. The fraction of sp³-hybridized carbons (Fsp3) is 0.333. The average Bonchev–Trinajstić information content (AvgIpc) is 2.47. The molecular formula is C15H16ClN3O2. The molecule has 110 valence electrons. The summed E-state index contributed by atoms with van der Waals surface area (Å²) >= 11 is 6.03. The summed E-state index contributed by atoms with van der Waals surface area (Å²) in [5, 5.41) is 3.66. The van der Waals surface area contributed by atoms with Crippen LogP contribution in [-0.2, 0) is 6.42 Å². The molecule has 2 aromatic rings. The van der Waals surface area contributed by atoms with E-state index in [2.05, 4.69) is 22.2 Å². The summed E-state index contributed by atoms with van der Waals surface area (Å²) in [6.45, 7) is 3.23. The van der Waals surface area contributed by atoms with Crippen molar-refractivity contribution in [2.45, 2.75) is 19.8 Å². The number of hydrogen-bond donors (Lipinski definition) is 1. The van der Waals surface area contributed by atoms with Crippen LogP contribution in [0.25, 0.3) is 0 Å². The Kier molecular flexibility index (Phi) is 4.10. The molecule has 0 bridgehead atoms. The van der Waals surface area contributed by atoms with Crippen molar-refractivity contribution in [3.05, 3.63) is 35.2 Å². The van der Waals surface area contributed by atoms with Crippen molar-refractivity contribution in [3.63, 3.8) is 0 Å². The summed E-state index contributed by atoms with van der Waals surface area (Å²) in [5.74, 6) is 2.92. The molecule has 0 atom stereocenters. The highest BCUT2D eigenvalue weighted by Crippen LogP contribution is 2.33. The Labute approximate surface area is 128 Å². The number of aryl methyl sites for hydroxylation is 1. The number of halogens is 1. The van der Waals surface area contributed by atoms with Crippen molar-refractivity contribution < 1.29 is 9.47 Å². The summed E-state index contributed by atoms with van der Waals surface area (Å²) in [7, 11) is 0. The number of fused-ring (bicyclic) bond motifs is 1. The molecule has 0 unspecified atom stereocenters. The lowest BCUT2D eigenvalue weighted by Gasteiger charge is -2.19. The van der Waals surface area contributed by atoms with Crippen LogP contribution in [-0.4, -0.2) is 23.2 Å². The van der Waals surface area contributed by atoms with Gasteiger partial charge in [-0.3, -0.25) is 0 Å². The summed E-state index contributed by atoms with van der Waals surface area (Å²) in [4.78, 5) is 8.66. The van der Waals surface area contributed by atoms with Gasteiger partial charge in [-0.25, -0.2) is 9.97 Å². The van der Waals surface area contributed by atoms with Crippen LogP contribution in [0.4, 0.5) is 11.5 Å². The Hall–Kier alpha value is -2.01. The van der Waals surface area contributed by atoms with Crippen LogP contribution in [0.15, 0.2) is 24.3 Å². The Morgan fingerprint density at radius 1 is 1.14 bits per heavy atom. The number of nitrogens with zero attached hydrogens (tertiary/aromatic N) is 2. The monoisotopic (exact) mass is 305 g/mol. The van der Waals surface area contributed by atoms with Gasteiger partial charge in [0.05, 0.1) is 0 Å². The first-order chi connectivity index (χ1) is 10.2. The van der Waals surface area contributed by atoms with Crippen molar-refractivity contribution in [2.75, 3.05) is 18.5 Å². The number of rotatable bonds is 4. The minimum atomic E-state index is 0.438. The summed E-state index contributed by atoms with van der Waals surface area (Å²) in [6, 6.07) is 7.40. The van der Waals surface area contributed by atoms with Crippen molar-refractivity contribution in [3.8, 4) is 11.5 Å². The molecule has 1 N–H and O–H groups in total. The fourth-order valence-corrected chi connectivity index (χ4v) is 2.33. The van der Waals surface area contributed by atoms with Crippen LogP contribution in [0, 0.1) is 0 Å². The third-order valence-corrected chi connectivity index (χ3v) is 3.22. The van der Waals surface area contributed by atoms with Crippen LogP contribution in [0.2, 0.25) is 5.15 Å². The van der Waals surface area contributed by atoms with Crippen molar-refractivity contribution in [1.29, 1.82) is 0 Å². The molecular weight excluding hydrogens is 290 g/mol. The van der Waals surface area contributed by atoms with E-state index in [0.29, 0.717) is 24.2 Å². The van der Waals surface area contributed by atoms with Gasteiger partial charge in [-0.1, -0.05) is 18.5 Å². The molecule has 0 radical (unpaired) electrons. The van der Waals surface area contributed by atoms with E-state index in [9.17, 15) is 0 Å². The molecule has 5 nitrogen and oxygen atoms in total. The smallest absolute Gasteiger partial charge is 0.163 e. The molecule has 0 saturated carbocycles. The van der Waals surface area contributed by atoms with Gasteiger partial charge in [0.15, 0.2) is 11.5 Å². The molecule has 1 aromatic heterocycles. The minimum Gasteiger partial charge on any atom is -0.486 e. The predicted octanol–water partition coefficient (Wildman–Crippen LogP) is 3.60. The summed E-state index contributed by atoms with van der Waals surface area (Å²) in [5.41, 5.74) is 0.872. The number of ether oxygens (including phenoxy) is 2. The SMILES string of the molecule is CCCc1nc(Cl)cc(Nc2ccc3c(c2)OCCO3)n1. The lowest BCUT2D eigenvalue weighted by atomic mass is 10.2. The molecule has 2 heterocycles. The topological polar surface area (TPSA) is 56.3 Å². The van der Waals surface area contributed by atoms with Gasteiger partial charge in [0.25, 0.3) is 0 Å². The lowest BCUT2D eigenvalue weighted by molar-refractivity contribution is 0.171. The number of anilines is 2. The van der Waals surface area contributed by atoms with E-state index in [1.807, 2.05) is 18.2 Å². The Morgan fingerprint density at radius 3 is 2.76 bits per heavy atom. The van der Waals surface area contributed by atoms with Crippen LogP contribution < -0.4 is 14.8 Å². The zero-order chi connectivity index (χ0) is 14.7. The fourth-order valence-electron chi connectivity index (χ4n) is 2.13. The second kappa shape index (κ2) is 6.18. The maximum atomic E-state index is 6.03. The van der Waals surface area contributed by atoms with Gasteiger partial charge in [0.1, 0.15) is 30.0 Å². The van der Waals surface area contributed by atoms with Gasteiger partial charge >= 0.3 is 0 Å². The quantitative estimate of drug-likeness (QED) is 0.875. The third kappa shape index (κ3) is 3.36. The van der Waals surface area contributed by atoms with E-state index in [0.717, 1.165) is 35.9 Å². The Balaban J connectivity index is 1.83. The molecule has 1 aromatic carbocycles. The molecule has 0 aliphatic carbocycles. The molecule has 1 aliphatic heterocycles. The highest BCUT2D eigenvalue weighted by atomic mass is 35.5. The van der Waals surface area contributed by atoms with Crippen LogP contribution >= 0.6 is 11.6 Å². The van der Waals surface area contributed by atoms with Gasteiger partial charge in [-0.15, -0.1) is 0 Å². The van der Waals surface area contributed by atoms with Gasteiger partial charge < -0.3 is 14.8 Å². The van der Waals surface area contributed by atoms with E-state index >= 15 is 0 Å². The van der Waals surface area contributed by atoms with Gasteiger partial charge in [-0.2, -0.15) is 0 Å². The second-order valence-electron chi connectivity index (χ2n) is 4.73. The largest absolute Gasteiger partial charge is 0.486 e. The molecule has 1 aliphatic rings. The highest BCUT2D eigenvalue weighted by Gasteiger charge is 2.12. The number of aromatic nitrogens is 2. The number of nitrogens with one attached hydrogen (secondary N) is 1. The van der Waals surface area contributed by atoms with E-state index in [-0.39, 0.29) is 0 Å². The molecule has 0 fully saturated rings. The maximum absolute atomic E-state index is 6.03. The van der Waals surface area contributed by atoms with E-state index < -0.39 is 0 Å². The normalized spacial score (nSPS) is 13.0. The van der Waals surface area contributed by atoms with E-state index in [1.165, 1.54) is 0 Å². The van der Waals surface area contributed by atoms with Gasteiger partial charge in [0.2, 0.25) is 0 Å². The highest BCUT2D eigenvalue weighted by molar-refractivity contribution is 6.29. The zero-order valence-electron chi connectivity index (χ0n) is 11.7. The van der Waals surface area contributed by atoms with Crippen LogP contribution in [0.5, 0.6) is 11.5 Å². The molecule has 6 heteroatoms. The predicted molar refractivity (Wildman–Crippen MR) is 81.8 cm³/mol. The first-order valence-electron chi connectivity index (χ1n) is 6.95. The van der Waals surface area contributed by atoms with Crippen molar-refractivity contribution in [1.82, 2.24) is 9.97 Å². The lowest BCUT2D eigenvalue weighted by Crippen LogP contribution is -2.15. The Bertz CT molecular complexity index is 649. The van der Waals surface area contributed by atoms with Crippen molar-refractivity contribution >= 4 is 23.1 Å². The van der Waals surface area contributed by atoms with Gasteiger partial charge in [-0.05, 0) is 18.6 Å². The second-order valence-corrected chi connectivity index (χ2v) is 5.11. The molecule has 0 amide bonds. The molecule has 0 saturated heterocycles. The number of benzene rings is 1. The summed E-state index contributed by atoms with van der Waals surface area (Å²) < 4.78 is 11.1. The third-order valence-electron chi connectivity index (χ3n) is 3.03. The van der Waals surface area contributed by atoms with E-state index in [1.54, 1.807) is 6.07 Å². The van der Waals surface area contributed by atoms with Gasteiger partial charge in [0, 0.05) is 24.2 Å². The minimum absolute atomic E-state index is 0.438. The molecule has 3 rings (SSSR count). The standard InChI is InChI=1S/C15H16ClN3O2/c1-2-3-14-18-13(16)9-15(19-14)17-10-4-5-11-12(8-10)21-7-6-20-11/h4-5,8-9H,2-3,6-7H2,1H3,(H,17,18,19). The van der Waals surface area contributed by atoms with Crippen LogP contribution in [0.1, 0.15) is 19.2 Å². The van der Waals surface area contributed by atoms with Crippen LogP contribution in [0.3, 0.4) is 0 Å². The number of hydrogen-bond acceptors (Lipinski definition) is 5. The van der Waals surface area contributed by atoms with E-state index in [4.69, 9.17) is 21.1 Å². The molecule has 0 spiro atoms. The maximum Gasteiger partial charge on any atom is 0.163 e. The Morgan fingerprint density at radius 2 is 1.95 bits per heavy atom. The van der Waals surface area contributed by atoms with Crippen molar-refractivity contribution in [2.24, 2.45) is 0 Å². The first-order valence-corrected chi connectivity index (χ1v) is 7.32. The first kappa shape index (κ1) is 13.9. The average molecular weight is 306 g/mol.